The molecule has 3 heterocycles. The van der Waals surface area contributed by atoms with Crippen molar-refractivity contribution in [2.24, 2.45) is 5.92 Å². The summed E-state index contributed by atoms with van der Waals surface area (Å²) in [6.07, 6.45) is 6.20. The van der Waals surface area contributed by atoms with Crippen LogP contribution in [0.3, 0.4) is 0 Å². The minimum atomic E-state index is 0.492. The first-order chi connectivity index (χ1) is 15.5. The second-order valence-corrected chi connectivity index (χ2v) is 9.84. The lowest BCUT2D eigenvalue weighted by molar-refractivity contribution is 0.444. The number of piperidine rings is 2. The van der Waals surface area contributed by atoms with Crippen LogP contribution in [0, 0.1) is 12.8 Å². The van der Waals surface area contributed by atoms with Gasteiger partial charge >= 0.3 is 0 Å². The van der Waals surface area contributed by atoms with Gasteiger partial charge in [0.1, 0.15) is 11.6 Å². The van der Waals surface area contributed by atoms with E-state index in [-0.39, 0.29) is 0 Å². The van der Waals surface area contributed by atoms with Crippen molar-refractivity contribution in [1.29, 1.82) is 0 Å². The molecular formula is C25H36N6S. The number of anilines is 3. The molecule has 172 valence electrons. The lowest BCUT2D eigenvalue weighted by Gasteiger charge is -2.36. The maximum absolute atomic E-state index is 5.57. The van der Waals surface area contributed by atoms with Crippen molar-refractivity contribution >= 4 is 34.9 Å². The van der Waals surface area contributed by atoms with Crippen LogP contribution in [0.4, 0.5) is 17.6 Å². The number of nitrogens with one attached hydrogen (secondary N) is 2. The molecule has 2 aliphatic rings. The molecule has 6 nitrogen and oxygen atoms in total. The van der Waals surface area contributed by atoms with Crippen LogP contribution < -0.4 is 20.4 Å². The van der Waals surface area contributed by atoms with E-state index in [0.717, 1.165) is 31.3 Å². The molecule has 2 N–H and O–H groups in total. The van der Waals surface area contributed by atoms with Gasteiger partial charge in [0.25, 0.3) is 0 Å². The maximum atomic E-state index is 5.57. The number of benzene rings is 1. The molecule has 2 atom stereocenters. The van der Waals surface area contributed by atoms with Gasteiger partial charge in [0.15, 0.2) is 5.11 Å². The lowest BCUT2D eigenvalue weighted by Crippen LogP contribution is -2.39. The zero-order chi connectivity index (χ0) is 22.5. The zero-order valence-electron chi connectivity index (χ0n) is 19.6. The Hall–Kier alpha value is -2.41. The standard InChI is InChI=1S/C25H36N6S/c1-18-9-11-21(12-10-18)16-26-25(32)29-24-27-22(30-13-6-7-19(2)17-30)15-23(28-24)31-14-5-4-8-20(31)3/h9-12,15,19-20H,4-8,13-14,16-17H2,1-3H3,(H2,26,27,28,29,32)/t19-,20+/m0/s1. The molecule has 2 saturated heterocycles. The number of aryl methyl sites for hydroxylation is 1. The number of nitrogens with zero attached hydrogens (tertiary/aromatic N) is 4. The van der Waals surface area contributed by atoms with Crippen LogP contribution in [0.2, 0.25) is 0 Å². The van der Waals surface area contributed by atoms with Crippen LogP contribution in [0.1, 0.15) is 57.1 Å². The van der Waals surface area contributed by atoms with Crippen LogP contribution in [-0.2, 0) is 6.54 Å². The van der Waals surface area contributed by atoms with Crippen molar-refractivity contribution in [3.8, 4) is 0 Å². The van der Waals surface area contributed by atoms with Gasteiger partial charge in [-0.25, -0.2) is 0 Å². The Kier molecular flexibility index (Phi) is 7.45. The molecule has 1 aromatic carbocycles. The van der Waals surface area contributed by atoms with Crippen molar-refractivity contribution in [1.82, 2.24) is 15.3 Å². The molecule has 2 aliphatic heterocycles. The van der Waals surface area contributed by atoms with E-state index in [1.807, 2.05) is 0 Å². The molecule has 1 aromatic heterocycles. The summed E-state index contributed by atoms with van der Waals surface area (Å²) in [6.45, 7) is 10.5. The molecule has 0 unspecified atom stereocenters. The van der Waals surface area contributed by atoms with Gasteiger partial charge in [-0.05, 0) is 69.7 Å². The largest absolute Gasteiger partial charge is 0.358 e. The van der Waals surface area contributed by atoms with Gasteiger partial charge in [-0.15, -0.1) is 0 Å². The van der Waals surface area contributed by atoms with Crippen LogP contribution in [0.5, 0.6) is 0 Å². The smallest absolute Gasteiger partial charge is 0.232 e. The third-order valence-electron chi connectivity index (χ3n) is 6.58. The fraction of sp³-hybridized carbons (Fsp3) is 0.560. The quantitative estimate of drug-likeness (QED) is 0.627. The van der Waals surface area contributed by atoms with Crippen LogP contribution >= 0.6 is 12.2 Å². The minimum absolute atomic E-state index is 0.492. The summed E-state index contributed by atoms with van der Waals surface area (Å²) in [7, 11) is 0. The van der Waals surface area contributed by atoms with Gasteiger partial charge in [-0.1, -0.05) is 36.8 Å². The first-order valence-corrected chi connectivity index (χ1v) is 12.4. The highest BCUT2D eigenvalue weighted by Crippen LogP contribution is 2.29. The number of hydrogen-bond acceptors (Lipinski definition) is 5. The van der Waals surface area contributed by atoms with E-state index in [4.69, 9.17) is 22.2 Å². The molecule has 7 heteroatoms. The van der Waals surface area contributed by atoms with Crippen molar-refractivity contribution < 1.29 is 0 Å². The summed E-state index contributed by atoms with van der Waals surface area (Å²) in [5, 5.41) is 7.10. The van der Waals surface area contributed by atoms with Crippen molar-refractivity contribution in [3.05, 3.63) is 41.5 Å². The molecule has 32 heavy (non-hydrogen) atoms. The lowest BCUT2D eigenvalue weighted by atomic mass is 10.0. The topological polar surface area (TPSA) is 56.3 Å². The van der Waals surface area contributed by atoms with E-state index in [2.05, 4.69) is 71.5 Å². The average molecular weight is 453 g/mol. The predicted molar refractivity (Wildman–Crippen MR) is 138 cm³/mol. The molecular weight excluding hydrogens is 416 g/mol. The summed E-state index contributed by atoms with van der Waals surface area (Å²) >= 11 is 5.57. The van der Waals surface area contributed by atoms with E-state index < -0.39 is 0 Å². The number of rotatable bonds is 5. The molecule has 0 radical (unpaired) electrons. The van der Waals surface area contributed by atoms with Gasteiger partial charge in [0, 0.05) is 38.3 Å². The Morgan fingerprint density at radius 3 is 2.56 bits per heavy atom. The zero-order valence-corrected chi connectivity index (χ0v) is 20.4. The third-order valence-corrected chi connectivity index (χ3v) is 6.82. The van der Waals surface area contributed by atoms with Crippen molar-refractivity contribution in [2.75, 3.05) is 34.8 Å². The first kappa shape index (κ1) is 22.8. The van der Waals surface area contributed by atoms with E-state index in [0.29, 0.717) is 29.6 Å². The van der Waals surface area contributed by atoms with Gasteiger partial charge in [0.05, 0.1) is 0 Å². The molecule has 2 aromatic rings. The number of aromatic nitrogens is 2. The van der Waals surface area contributed by atoms with Gasteiger partial charge in [-0.3, -0.25) is 0 Å². The van der Waals surface area contributed by atoms with E-state index in [1.54, 1.807) is 0 Å². The Balaban J connectivity index is 1.51. The molecule has 0 aliphatic carbocycles. The second kappa shape index (κ2) is 10.5. The van der Waals surface area contributed by atoms with E-state index in [1.165, 1.54) is 43.2 Å². The van der Waals surface area contributed by atoms with E-state index in [9.17, 15) is 0 Å². The van der Waals surface area contributed by atoms with Crippen molar-refractivity contribution in [3.63, 3.8) is 0 Å². The summed E-state index contributed by atoms with van der Waals surface area (Å²) in [5.41, 5.74) is 2.45. The van der Waals surface area contributed by atoms with Crippen LogP contribution in [-0.4, -0.2) is 40.8 Å². The molecule has 0 amide bonds. The first-order valence-electron chi connectivity index (χ1n) is 12.0. The highest BCUT2D eigenvalue weighted by Gasteiger charge is 2.24. The highest BCUT2D eigenvalue weighted by molar-refractivity contribution is 7.80. The highest BCUT2D eigenvalue weighted by atomic mass is 32.1. The maximum Gasteiger partial charge on any atom is 0.232 e. The van der Waals surface area contributed by atoms with Gasteiger partial charge < -0.3 is 20.4 Å². The van der Waals surface area contributed by atoms with Crippen molar-refractivity contribution in [2.45, 2.75) is 65.5 Å². The summed E-state index contributed by atoms with van der Waals surface area (Å²) in [5.74, 6) is 3.27. The molecule has 0 spiro atoms. The number of thiocarbonyl (C=S) groups is 1. The summed E-state index contributed by atoms with van der Waals surface area (Å²) in [4.78, 5) is 14.6. The second-order valence-electron chi connectivity index (χ2n) is 9.43. The fourth-order valence-corrected chi connectivity index (χ4v) is 4.82. The Morgan fingerprint density at radius 2 is 1.81 bits per heavy atom. The van der Waals surface area contributed by atoms with Crippen LogP contribution in [0.15, 0.2) is 30.3 Å². The molecule has 0 saturated carbocycles. The molecule has 4 rings (SSSR count). The van der Waals surface area contributed by atoms with Gasteiger partial charge in [0.2, 0.25) is 5.95 Å². The summed E-state index contributed by atoms with van der Waals surface area (Å²) < 4.78 is 0. The van der Waals surface area contributed by atoms with Crippen LogP contribution in [0.25, 0.3) is 0 Å². The average Bonchev–Trinajstić information content (AvgIpc) is 2.79. The van der Waals surface area contributed by atoms with E-state index >= 15 is 0 Å². The molecule has 0 bridgehead atoms. The minimum Gasteiger partial charge on any atom is -0.358 e. The summed E-state index contributed by atoms with van der Waals surface area (Å²) in [6, 6.07) is 11.1. The Morgan fingerprint density at radius 1 is 1.03 bits per heavy atom. The molecule has 2 fully saturated rings. The monoisotopic (exact) mass is 452 g/mol. The normalized spacial score (nSPS) is 21.3. The number of hydrogen-bond donors (Lipinski definition) is 2. The fourth-order valence-electron chi connectivity index (χ4n) is 4.66. The SMILES string of the molecule is Cc1ccc(CNC(=S)Nc2nc(N3CCC[C@H](C)C3)cc(N3CCCC[C@H]3C)n2)cc1. The Bertz CT molecular complexity index is 915. The predicted octanol–water partition coefficient (Wildman–Crippen LogP) is 4.89. The third kappa shape index (κ3) is 5.88. The Labute approximate surface area is 197 Å². The van der Waals surface area contributed by atoms with Gasteiger partial charge in [-0.2, -0.15) is 9.97 Å².